The number of nitrogens with one attached hydrogen (secondary N) is 2. The van der Waals surface area contributed by atoms with Crippen molar-refractivity contribution in [3.8, 4) is 0 Å². The number of anilines is 3. The number of amides is 3. The Hall–Kier alpha value is -3.98. The molecular weight excluding hydrogens is 454 g/mol. The SMILES string of the molecule is CC(C)S(=O)(=O)c1ccccc1C(=O)Nc1ccc(C(=O)N2CC(=O)Nc3ccccc32)cc1. The molecule has 9 heteroatoms. The van der Waals surface area contributed by atoms with Gasteiger partial charge in [-0.3, -0.25) is 19.3 Å². The minimum atomic E-state index is -3.65. The summed E-state index contributed by atoms with van der Waals surface area (Å²) in [5.41, 5.74) is 1.95. The van der Waals surface area contributed by atoms with E-state index in [9.17, 15) is 22.8 Å². The lowest BCUT2D eigenvalue weighted by Crippen LogP contribution is -2.42. The summed E-state index contributed by atoms with van der Waals surface area (Å²) in [6.07, 6.45) is 0. The van der Waals surface area contributed by atoms with Crippen molar-refractivity contribution in [2.45, 2.75) is 24.0 Å². The van der Waals surface area contributed by atoms with E-state index in [2.05, 4.69) is 10.6 Å². The fourth-order valence-corrected chi connectivity index (χ4v) is 4.86. The Morgan fingerprint density at radius 2 is 1.59 bits per heavy atom. The zero-order chi connectivity index (χ0) is 24.5. The molecule has 0 bridgehead atoms. The van der Waals surface area contributed by atoms with E-state index in [0.29, 0.717) is 22.6 Å². The molecule has 1 aliphatic heterocycles. The molecule has 0 saturated heterocycles. The van der Waals surface area contributed by atoms with Crippen LogP contribution in [-0.4, -0.2) is 37.9 Å². The third-order valence-electron chi connectivity index (χ3n) is 5.46. The monoisotopic (exact) mass is 477 g/mol. The predicted octanol–water partition coefficient (Wildman–Crippen LogP) is 3.72. The van der Waals surface area contributed by atoms with Crippen molar-refractivity contribution in [3.05, 3.63) is 83.9 Å². The molecule has 34 heavy (non-hydrogen) atoms. The number of sulfone groups is 1. The third kappa shape index (κ3) is 4.42. The number of fused-ring (bicyclic) bond motifs is 1. The van der Waals surface area contributed by atoms with Crippen molar-refractivity contribution in [1.82, 2.24) is 0 Å². The summed E-state index contributed by atoms with van der Waals surface area (Å²) in [6.45, 7) is 3.02. The Morgan fingerprint density at radius 3 is 2.29 bits per heavy atom. The maximum atomic E-state index is 13.1. The van der Waals surface area contributed by atoms with E-state index in [0.717, 1.165) is 0 Å². The van der Waals surface area contributed by atoms with Gasteiger partial charge >= 0.3 is 0 Å². The lowest BCUT2D eigenvalue weighted by atomic mass is 10.1. The highest BCUT2D eigenvalue weighted by Gasteiger charge is 2.28. The van der Waals surface area contributed by atoms with Gasteiger partial charge < -0.3 is 10.6 Å². The number of carbonyl (C=O) groups is 3. The molecule has 174 valence electrons. The van der Waals surface area contributed by atoms with Crippen LogP contribution < -0.4 is 15.5 Å². The average Bonchev–Trinajstić information content (AvgIpc) is 2.83. The molecule has 1 heterocycles. The van der Waals surface area contributed by atoms with Gasteiger partial charge in [0.15, 0.2) is 9.84 Å². The van der Waals surface area contributed by atoms with Crippen molar-refractivity contribution in [3.63, 3.8) is 0 Å². The van der Waals surface area contributed by atoms with Crippen LogP contribution in [0.2, 0.25) is 0 Å². The summed E-state index contributed by atoms with van der Waals surface area (Å²) in [4.78, 5) is 39.3. The summed E-state index contributed by atoms with van der Waals surface area (Å²) in [5.74, 6) is -1.21. The van der Waals surface area contributed by atoms with E-state index in [1.165, 1.54) is 17.0 Å². The van der Waals surface area contributed by atoms with Crippen molar-refractivity contribution < 1.29 is 22.8 Å². The molecule has 8 nitrogen and oxygen atoms in total. The highest BCUT2D eigenvalue weighted by atomic mass is 32.2. The van der Waals surface area contributed by atoms with Crippen LogP contribution in [0.4, 0.5) is 17.1 Å². The van der Waals surface area contributed by atoms with E-state index in [1.807, 2.05) is 0 Å². The van der Waals surface area contributed by atoms with Crippen molar-refractivity contribution in [2.24, 2.45) is 0 Å². The number of hydrogen-bond donors (Lipinski definition) is 2. The largest absolute Gasteiger partial charge is 0.323 e. The second-order valence-corrected chi connectivity index (χ2v) is 10.6. The zero-order valence-corrected chi connectivity index (χ0v) is 19.4. The van der Waals surface area contributed by atoms with Crippen molar-refractivity contribution in [2.75, 3.05) is 22.1 Å². The Labute approximate surface area is 197 Å². The van der Waals surface area contributed by atoms with Crippen LogP contribution in [0.3, 0.4) is 0 Å². The number of carbonyl (C=O) groups excluding carboxylic acids is 3. The molecule has 0 radical (unpaired) electrons. The van der Waals surface area contributed by atoms with E-state index in [4.69, 9.17) is 0 Å². The topological polar surface area (TPSA) is 113 Å². The molecule has 0 saturated carbocycles. The second kappa shape index (κ2) is 9.11. The van der Waals surface area contributed by atoms with Crippen LogP contribution in [0.5, 0.6) is 0 Å². The first-order valence-corrected chi connectivity index (χ1v) is 12.2. The molecule has 0 unspecified atom stereocenters. The zero-order valence-electron chi connectivity index (χ0n) is 18.6. The summed E-state index contributed by atoms with van der Waals surface area (Å²) in [6, 6.07) is 19.3. The van der Waals surface area contributed by atoms with Crippen LogP contribution in [-0.2, 0) is 14.6 Å². The van der Waals surface area contributed by atoms with Gasteiger partial charge in [-0.05, 0) is 62.4 Å². The predicted molar refractivity (Wildman–Crippen MR) is 130 cm³/mol. The van der Waals surface area contributed by atoms with Gasteiger partial charge in [0.25, 0.3) is 11.8 Å². The molecule has 0 aromatic heterocycles. The number of benzene rings is 3. The van der Waals surface area contributed by atoms with Gasteiger partial charge in [-0.25, -0.2) is 8.42 Å². The molecule has 0 aliphatic carbocycles. The number of hydrogen-bond acceptors (Lipinski definition) is 5. The first-order valence-electron chi connectivity index (χ1n) is 10.6. The second-order valence-electron chi connectivity index (χ2n) is 8.08. The van der Waals surface area contributed by atoms with Crippen LogP contribution >= 0.6 is 0 Å². The molecule has 1 aliphatic rings. The standard InChI is InChI=1S/C25H23N3O5S/c1-16(2)34(32,33)22-10-6-3-7-19(22)24(30)26-18-13-11-17(12-14-18)25(31)28-15-23(29)27-20-8-4-5-9-21(20)28/h3-14,16H,15H2,1-2H3,(H,26,30)(H,27,29). The summed E-state index contributed by atoms with van der Waals surface area (Å²) in [5, 5.41) is 4.75. The first kappa shape index (κ1) is 23.2. The molecule has 0 fully saturated rings. The lowest BCUT2D eigenvalue weighted by Gasteiger charge is -2.29. The maximum absolute atomic E-state index is 13.1. The Kier molecular flexibility index (Phi) is 6.21. The Bertz CT molecular complexity index is 1380. The molecule has 3 aromatic carbocycles. The van der Waals surface area contributed by atoms with E-state index >= 15 is 0 Å². The van der Waals surface area contributed by atoms with Crippen molar-refractivity contribution in [1.29, 1.82) is 0 Å². The van der Waals surface area contributed by atoms with Crippen LogP contribution in [0.25, 0.3) is 0 Å². The highest BCUT2D eigenvalue weighted by molar-refractivity contribution is 7.92. The summed E-state index contributed by atoms with van der Waals surface area (Å²) < 4.78 is 25.3. The smallest absolute Gasteiger partial charge is 0.258 e. The molecule has 0 atom stereocenters. The van der Waals surface area contributed by atoms with E-state index < -0.39 is 21.0 Å². The molecule has 3 amide bonds. The Morgan fingerprint density at radius 1 is 0.941 bits per heavy atom. The maximum Gasteiger partial charge on any atom is 0.258 e. The van der Waals surface area contributed by atoms with Crippen molar-refractivity contribution >= 4 is 44.6 Å². The van der Waals surface area contributed by atoms with Crippen LogP contribution in [0, 0.1) is 0 Å². The molecular formula is C25H23N3O5S. The normalized spacial score (nSPS) is 13.3. The fourth-order valence-electron chi connectivity index (χ4n) is 3.62. The first-order chi connectivity index (χ1) is 16.2. The summed E-state index contributed by atoms with van der Waals surface area (Å²) >= 11 is 0. The molecule has 3 aromatic rings. The quantitative estimate of drug-likeness (QED) is 0.582. The lowest BCUT2D eigenvalue weighted by molar-refractivity contribution is -0.115. The van der Waals surface area contributed by atoms with Gasteiger partial charge in [-0.15, -0.1) is 0 Å². The van der Waals surface area contributed by atoms with Gasteiger partial charge in [-0.1, -0.05) is 24.3 Å². The fraction of sp³-hybridized carbons (Fsp3) is 0.160. The highest BCUT2D eigenvalue weighted by Crippen LogP contribution is 2.30. The van der Waals surface area contributed by atoms with Gasteiger partial charge in [-0.2, -0.15) is 0 Å². The number of nitrogens with zero attached hydrogens (tertiary/aromatic N) is 1. The third-order valence-corrected chi connectivity index (χ3v) is 7.67. The molecule has 2 N–H and O–H groups in total. The van der Waals surface area contributed by atoms with E-state index in [1.54, 1.807) is 74.5 Å². The average molecular weight is 478 g/mol. The number of rotatable bonds is 5. The van der Waals surface area contributed by atoms with Gasteiger partial charge in [0.2, 0.25) is 5.91 Å². The minimum absolute atomic E-state index is 0.0312. The van der Waals surface area contributed by atoms with Crippen LogP contribution in [0.15, 0.2) is 77.7 Å². The van der Waals surface area contributed by atoms with Gasteiger partial charge in [0.1, 0.15) is 6.54 Å². The minimum Gasteiger partial charge on any atom is -0.323 e. The van der Waals surface area contributed by atoms with E-state index in [-0.39, 0.29) is 28.8 Å². The van der Waals surface area contributed by atoms with Crippen LogP contribution in [0.1, 0.15) is 34.6 Å². The number of para-hydroxylation sites is 2. The molecule has 0 spiro atoms. The van der Waals surface area contributed by atoms with Gasteiger partial charge in [0.05, 0.1) is 27.1 Å². The van der Waals surface area contributed by atoms with Gasteiger partial charge in [0, 0.05) is 11.3 Å². The Balaban J connectivity index is 1.54. The molecule has 4 rings (SSSR count). The summed E-state index contributed by atoms with van der Waals surface area (Å²) in [7, 11) is -3.65.